The molecule has 130 valence electrons. The molecule has 4 aromatic rings. The molecule has 0 saturated carbocycles. The standard InChI is InChI=1S/C21H15ClO4/c1-13(24-15-8-6-14(22)7-9-15)21(23)25-16-10-11-20-18(12-16)17-4-2-3-5-19(17)26-20/h2-13H,1H3/t13-/m0/s1. The summed E-state index contributed by atoms with van der Waals surface area (Å²) in [4.78, 5) is 12.3. The third-order valence-corrected chi connectivity index (χ3v) is 4.28. The van der Waals surface area contributed by atoms with E-state index in [1.165, 1.54) is 0 Å². The second kappa shape index (κ2) is 6.73. The lowest BCUT2D eigenvalue weighted by atomic mass is 10.1. The molecular weight excluding hydrogens is 352 g/mol. The molecule has 0 saturated heterocycles. The number of hydrogen-bond donors (Lipinski definition) is 0. The van der Waals surface area contributed by atoms with Gasteiger partial charge in [-0.05, 0) is 55.5 Å². The van der Waals surface area contributed by atoms with Gasteiger partial charge < -0.3 is 13.9 Å². The van der Waals surface area contributed by atoms with Gasteiger partial charge in [-0.15, -0.1) is 0 Å². The fourth-order valence-electron chi connectivity index (χ4n) is 2.73. The first-order valence-electron chi connectivity index (χ1n) is 8.15. The Morgan fingerprint density at radius 2 is 1.62 bits per heavy atom. The molecule has 0 aliphatic carbocycles. The zero-order chi connectivity index (χ0) is 18.1. The van der Waals surface area contributed by atoms with Gasteiger partial charge in [-0.3, -0.25) is 0 Å². The maximum Gasteiger partial charge on any atom is 0.352 e. The summed E-state index contributed by atoms with van der Waals surface area (Å²) in [7, 11) is 0. The van der Waals surface area contributed by atoms with Crippen LogP contribution in [0.25, 0.3) is 21.9 Å². The highest BCUT2D eigenvalue weighted by Gasteiger charge is 2.18. The molecule has 26 heavy (non-hydrogen) atoms. The van der Waals surface area contributed by atoms with Crippen LogP contribution in [0.15, 0.2) is 71.1 Å². The van der Waals surface area contributed by atoms with Crippen molar-refractivity contribution in [3.8, 4) is 11.5 Å². The number of carbonyl (C=O) groups excluding carboxylic acids is 1. The second-order valence-corrected chi connectivity index (χ2v) is 6.33. The summed E-state index contributed by atoms with van der Waals surface area (Å²) in [6, 6.07) is 19.8. The van der Waals surface area contributed by atoms with Crippen LogP contribution in [0, 0.1) is 0 Å². The highest BCUT2D eigenvalue weighted by Crippen LogP contribution is 2.31. The minimum absolute atomic E-state index is 0.445. The van der Waals surface area contributed by atoms with E-state index in [9.17, 15) is 4.79 Å². The second-order valence-electron chi connectivity index (χ2n) is 5.89. The molecule has 0 aliphatic rings. The average Bonchev–Trinajstić information content (AvgIpc) is 3.01. The molecule has 1 heterocycles. The van der Waals surface area contributed by atoms with Crippen molar-refractivity contribution in [3.05, 3.63) is 71.8 Å². The molecular formula is C21H15ClO4. The largest absolute Gasteiger partial charge is 0.479 e. The van der Waals surface area contributed by atoms with Crippen LogP contribution in [0.4, 0.5) is 0 Å². The molecule has 3 aromatic carbocycles. The number of fused-ring (bicyclic) bond motifs is 3. The first-order chi connectivity index (χ1) is 12.6. The van der Waals surface area contributed by atoms with Gasteiger partial charge in [0, 0.05) is 15.8 Å². The van der Waals surface area contributed by atoms with Crippen molar-refractivity contribution in [1.82, 2.24) is 0 Å². The number of hydrogen-bond acceptors (Lipinski definition) is 4. The van der Waals surface area contributed by atoms with Crippen molar-refractivity contribution in [2.75, 3.05) is 0 Å². The Morgan fingerprint density at radius 3 is 2.42 bits per heavy atom. The summed E-state index contributed by atoms with van der Waals surface area (Å²) in [5.74, 6) is 0.517. The summed E-state index contributed by atoms with van der Waals surface area (Å²) >= 11 is 5.84. The van der Waals surface area contributed by atoms with Crippen LogP contribution in [0.2, 0.25) is 5.02 Å². The van der Waals surface area contributed by atoms with Crippen molar-refractivity contribution in [3.63, 3.8) is 0 Å². The van der Waals surface area contributed by atoms with Crippen molar-refractivity contribution < 1.29 is 18.7 Å². The topological polar surface area (TPSA) is 48.7 Å². The van der Waals surface area contributed by atoms with Crippen molar-refractivity contribution >= 4 is 39.5 Å². The Morgan fingerprint density at radius 1 is 0.923 bits per heavy atom. The Labute approximate surface area is 154 Å². The number of ether oxygens (including phenoxy) is 2. The minimum Gasteiger partial charge on any atom is -0.479 e. The van der Waals surface area contributed by atoms with E-state index >= 15 is 0 Å². The number of halogens is 1. The van der Waals surface area contributed by atoms with Crippen LogP contribution in [-0.2, 0) is 4.79 Å². The third kappa shape index (κ3) is 3.24. The van der Waals surface area contributed by atoms with Gasteiger partial charge in [0.15, 0.2) is 6.10 Å². The van der Waals surface area contributed by atoms with E-state index < -0.39 is 12.1 Å². The van der Waals surface area contributed by atoms with Gasteiger partial charge in [0.1, 0.15) is 22.7 Å². The van der Waals surface area contributed by atoms with E-state index in [0.29, 0.717) is 16.5 Å². The van der Waals surface area contributed by atoms with Crippen LogP contribution < -0.4 is 9.47 Å². The third-order valence-electron chi connectivity index (χ3n) is 4.03. The number of benzene rings is 3. The molecule has 1 atom stereocenters. The number of rotatable bonds is 4. The van der Waals surface area contributed by atoms with E-state index in [2.05, 4.69) is 0 Å². The zero-order valence-corrected chi connectivity index (χ0v) is 14.7. The van der Waals surface area contributed by atoms with Crippen LogP contribution in [0.1, 0.15) is 6.92 Å². The maximum absolute atomic E-state index is 12.3. The van der Waals surface area contributed by atoms with Crippen molar-refractivity contribution in [2.45, 2.75) is 13.0 Å². The van der Waals surface area contributed by atoms with E-state index in [-0.39, 0.29) is 0 Å². The lowest BCUT2D eigenvalue weighted by Gasteiger charge is -2.13. The highest BCUT2D eigenvalue weighted by molar-refractivity contribution is 6.30. The van der Waals surface area contributed by atoms with E-state index in [1.54, 1.807) is 49.4 Å². The van der Waals surface area contributed by atoms with Crippen LogP contribution >= 0.6 is 11.6 Å². The van der Waals surface area contributed by atoms with E-state index in [1.807, 2.05) is 24.3 Å². The number of carbonyl (C=O) groups is 1. The smallest absolute Gasteiger partial charge is 0.352 e. The van der Waals surface area contributed by atoms with Gasteiger partial charge in [-0.2, -0.15) is 0 Å². The SMILES string of the molecule is C[C@H](Oc1ccc(Cl)cc1)C(=O)Oc1ccc2oc3ccccc3c2c1. The van der Waals surface area contributed by atoms with Gasteiger partial charge in [-0.1, -0.05) is 29.8 Å². The molecule has 0 fully saturated rings. The lowest BCUT2D eigenvalue weighted by molar-refractivity contribution is -0.141. The molecule has 0 radical (unpaired) electrons. The Bertz CT molecular complexity index is 1080. The molecule has 5 heteroatoms. The fourth-order valence-corrected chi connectivity index (χ4v) is 2.86. The first kappa shape index (κ1) is 16.5. The molecule has 1 aromatic heterocycles. The van der Waals surface area contributed by atoms with Gasteiger partial charge in [0.25, 0.3) is 0 Å². The zero-order valence-electron chi connectivity index (χ0n) is 13.9. The number of esters is 1. The number of para-hydroxylation sites is 1. The van der Waals surface area contributed by atoms with Crippen molar-refractivity contribution in [1.29, 1.82) is 0 Å². The van der Waals surface area contributed by atoms with Crippen LogP contribution in [0.3, 0.4) is 0 Å². The summed E-state index contributed by atoms with van der Waals surface area (Å²) < 4.78 is 16.8. The molecule has 0 aliphatic heterocycles. The maximum atomic E-state index is 12.3. The summed E-state index contributed by atoms with van der Waals surface area (Å²) in [6.45, 7) is 1.64. The van der Waals surface area contributed by atoms with Crippen molar-refractivity contribution in [2.24, 2.45) is 0 Å². The highest BCUT2D eigenvalue weighted by atomic mass is 35.5. The predicted octanol–water partition coefficient (Wildman–Crippen LogP) is 5.61. The monoisotopic (exact) mass is 366 g/mol. The number of furan rings is 1. The van der Waals surface area contributed by atoms with E-state index in [4.69, 9.17) is 25.5 Å². The molecule has 0 spiro atoms. The van der Waals surface area contributed by atoms with Crippen LogP contribution in [-0.4, -0.2) is 12.1 Å². The Balaban J connectivity index is 1.53. The minimum atomic E-state index is -0.757. The van der Waals surface area contributed by atoms with E-state index in [0.717, 1.165) is 21.9 Å². The van der Waals surface area contributed by atoms with Gasteiger partial charge >= 0.3 is 5.97 Å². The Kier molecular flexibility index (Phi) is 4.27. The molecule has 0 amide bonds. The van der Waals surface area contributed by atoms with Gasteiger partial charge in [0.05, 0.1) is 0 Å². The quantitative estimate of drug-likeness (QED) is 0.348. The lowest BCUT2D eigenvalue weighted by Crippen LogP contribution is -2.28. The fraction of sp³-hybridized carbons (Fsp3) is 0.0952. The summed E-state index contributed by atoms with van der Waals surface area (Å²) in [5.41, 5.74) is 1.54. The van der Waals surface area contributed by atoms with Gasteiger partial charge in [0.2, 0.25) is 0 Å². The first-order valence-corrected chi connectivity index (χ1v) is 8.53. The predicted molar refractivity (Wildman–Crippen MR) is 101 cm³/mol. The van der Waals surface area contributed by atoms with Gasteiger partial charge in [-0.25, -0.2) is 4.79 Å². The van der Waals surface area contributed by atoms with Crippen LogP contribution in [0.5, 0.6) is 11.5 Å². The Hall–Kier alpha value is -2.98. The molecule has 0 unspecified atom stereocenters. The molecule has 0 N–H and O–H groups in total. The molecule has 4 nitrogen and oxygen atoms in total. The molecule has 0 bridgehead atoms. The summed E-state index contributed by atoms with van der Waals surface area (Å²) in [5, 5.41) is 2.48. The summed E-state index contributed by atoms with van der Waals surface area (Å²) in [6.07, 6.45) is -0.757. The average molecular weight is 367 g/mol. The molecule has 4 rings (SSSR count). The normalized spacial score (nSPS) is 12.2.